The van der Waals surface area contributed by atoms with Crippen LogP contribution in [0.2, 0.25) is 0 Å². The Kier molecular flexibility index (Phi) is 33.3. The zero-order chi connectivity index (χ0) is 57.9. The van der Waals surface area contributed by atoms with E-state index >= 15 is 0 Å². The van der Waals surface area contributed by atoms with Gasteiger partial charge in [0.15, 0.2) is 23.0 Å². The van der Waals surface area contributed by atoms with Crippen LogP contribution in [0.15, 0.2) is 170 Å². The summed E-state index contributed by atoms with van der Waals surface area (Å²) in [5.41, 5.74) is 11.2. The molecule has 0 aliphatic carbocycles. The van der Waals surface area contributed by atoms with Gasteiger partial charge < -0.3 is 18.9 Å². The van der Waals surface area contributed by atoms with Gasteiger partial charge in [-0.2, -0.15) is 45.3 Å². The first-order valence-corrected chi connectivity index (χ1v) is 37.1. The number of aryl methyl sites for hydroxylation is 8. The first-order chi connectivity index (χ1) is 39.5. The summed E-state index contributed by atoms with van der Waals surface area (Å²) in [4.78, 5) is 8.39. The van der Waals surface area contributed by atoms with Crippen molar-refractivity contribution >= 4 is 136 Å². The van der Waals surface area contributed by atoms with Crippen LogP contribution in [-0.2, 0) is 6.42 Å². The number of rotatable bonds is 10. The fourth-order valence-electron chi connectivity index (χ4n) is 6.70. The van der Waals surface area contributed by atoms with Gasteiger partial charge in [-0.1, -0.05) is 50.5 Å². The third-order valence-electron chi connectivity index (χ3n) is 11.2. The van der Waals surface area contributed by atoms with Crippen molar-refractivity contribution in [1.29, 1.82) is 0 Å². The average molecular weight is 1300 g/mol. The van der Waals surface area contributed by atoms with Gasteiger partial charge in [-0.05, 0) is 230 Å². The Morgan fingerprint density at radius 1 is 0.383 bits per heavy atom. The van der Waals surface area contributed by atoms with Crippen molar-refractivity contribution in [3.63, 3.8) is 0 Å². The van der Waals surface area contributed by atoms with E-state index in [2.05, 4.69) is 181 Å². The Labute approximate surface area is 530 Å². The molecule has 16 heteroatoms. The molecule has 12 aromatic heterocycles. The Balaban J connectivity index is 0.000000169. The highest BCUT2D eigenvalue weighted by Crippen LogP contribution is 2.36. The second-order valence-corrected chi connectivity index (χ2v) is 28.0. The summed E-state index contributed by atoms with van der Waals surface area (Å²) in [6.07, 6.45) is 6.77. The lowest BCUT2D eigenvalue weighted by Gasteiger charge is -2.13. The van der Waals surface area contributed by atoms with Crippen LogP contribution in [0.1, 0.15) is 77.1 Å². The molecule has 0 atom stereocenters. The number of ether oxygens (including phenoxy) is 4. The molecule has 430 valence electrons. The number of fused-ring (bicyclic) bond motifs is 1. The maximum atomic E-state index is 5.25. The quantitative estimate of drug-likeness (QED) is 0.128. The molecule has 1 aliphatic rings. The van der Waals surface area contributed by atoms with E-state index in [0.29, 0.717) is 13.2 Å². The van der Waals surface area contributed by atoms with E-state index in [1.165, 1.54) is 106 Å². The molecule has 0 radical (unpaired) electrons. The smallest absolute Gasteiger partial charge is 0.172 e. The van der Waals surface area contributed by atoms with E-state index in [1.54, 1.807) is 105 Å². The first kappa shape index (κ1) is 67.4. The second-order valence-electron chi connectivity index (χ2n) is 17.9. The fraction of sp³-hybridized carbons (Fsp3) is 0.262. The standard InChI is InChI=1S/2C10H10S2.C10H16S.C8H6S2.C6H6O2S.C6H8O2S.C6H8S.C5H6S.C4H4S/c1-7-3-9(11-5-7)10-4-8(2)6-12-10;1-7-3-5-11-9(7)10-8(2)4-6-12-10;1-2-3-4-5-6-10-7-8-11-9-10;1-3-7(9-5-1)8-4-2-6-10-8;1-2-8-6-4-9-3-5(6)7-1;1-7-5-3-9-4-6(5)8-2;1-5-3-7-4-6(5)2;1-5-2-3-6-4-5;1-2-4-5-3-1/h2*3-6H,1-2H3;7-9H,2-6H2,1H3;1-6H;3-4H,1-2H2;3-4H,1-2H3;3-4H,1-2H3;2-4H,1H3;1-4H. The third kappa shape index (κ3) is 26.0. The molecule has 0 saturated carbocycles. The molecule has 0 fully saturated rings. The van der Waals surface area contributed by atoms with E-state index in [0.717, 1.165) is 23.0 Å². The molecule has 1 aliphatic heterocycles. The number of unbranched alkanes of at least 4 members (excludes halogenated alkanes) is 3. The summed E-state index contributed by atoms with van der Waals surface area (Å²) in [7, 11) is 3.26. The predicted octanol–water partition coefficient (Wildman–Crippen LogP) is 25.0. The van der Waals surface area contributed by atoms with Crippen LogP contribution in [0.4, 0.5) is 0 Å². The average Bonchev–Trinajstić information content (AvgIpc) is 4.30. The van der Waals surface area contributed by atoms with Crippen molar-refractivity contribution in [2.45, 2.75) is 87.5 Å². The number of methoxy groups -OCH3 is 2. The molecule has 12 aromatic rings. The highest BCUT2D eigenvalue weighted by molar-refractivity contribution is 7.21. The van der Waals surface area contributed by atoms with Gasteiger partial charge in [0.25, 0.3) is 0 Å². The van der Waals surface area contributed by atoms with Crippen molar-refractivity contribution in [2.75, 3.05) is 27.4 Å². The maximum absolute atomic E-state index is 5.25. The maximum Gasteiger partial charge on any atom is 0.172 e. The van der Waals surface area contributed by atoms with Gasteiger partial charge in [0.2, 0.25) is 0 Å². The summed E-state index contributed by atoms with van der Waals surface area (Å²) in [6.45, 7) is 18.6. The molecule has 0 bridgehead atoms. The third-order valence-corrected chi connectivity index (χ3v) is 22.2. The Morgan fingerprint density at radius 2 is 0.889 bits per heavy atom. The fourth-order valence-corrected chi connectivity index (χ4v) is 16.4. The van der Waals surface area contributed by atoms with Gasteiger partial charge in [0, 0.05) is 50.8 Å². The summed E-state index contributed by atoms with van der Waals surface area (Å²) in [5.74, 6) is 3.41. The second kappa shape index (κ2) is 40.0. The van der Waals surface area contributed by atoms with Crippen LogP contribution >= 0.6 is 136 Å². The van der Waals surface area contributed by atoms with Gasteiger partial charge in [-0.15, -0.1) is 90.7 Å². The predicted molar refractivity (Wildman–Crippen MR) is 374 cm³/mol. The highest BCUT2D eigenvalue weighted by atomic mass is 32.1. The first-order valence-electron chi connectivity index (χ1n) is 26.2. The zero-order valence-electron chi connectivity index (χ0n) is 47.8. The van der Waals surface area contributed by atoms with E-state index < -0.39 is 0 Å². The molecule has 0 unspecified atom stereocenters. The molecule has 0 aromatic carbocycles. The summed E-state index contributed by atoms with van der Waals surface area (Å²) < 4.78 is 20.4. The van der Waals surface area contributed by atoms with E-state index in [1.807, 2.05) is 89.8 Å². The van der Waals surface area contributed by atoms with Crippen LogP contribution in [0.5, 0.6) is 23.0 Å². The zero-order valence-corrected chi connectivity index (χ0v) is 57.6. The van der Waals surface area contributed by atoms with Gasteiger partial charge in [0.05, 0.1) is 14.2 Å². The summed E-state index contributed by atoms with van der Waals surface area (Å²) in [5, 5.41) is 37.7. The van der Waals surface area contributed by atoms with Crippen molar-refractivity contribution in [3.8, 4) is 52.3 Å². The van der Waals surface area contributed by atoms with E-state index in [-0.39, 0.29) is 0 Å². The van der Waals surface area contributed by atoms with Gasteiger partial charge in [-0.3, -0.25) is 0 Å². The molecular weight excluding hydrogens is 1230 g/mol. The Morgan fingerprint density at radius 3 is 1.22 bits per heavy atom. The molecule has 0 saturated heterocycles. The molecule has 13 rings (SSSR count). The molecule has 0 spiro atoms. The largest absolute Gasteiger partial charge is 0.492 e. The monoisotopic (exact) mass is 1300 g/mol. The number of thiophene rings is 12. The summed E-state index contributed by atoms with van der Waals surface area (Å²) in [6, 6.07) is 25.7. The molecule has 81 heavy (non-hydrogen) atoms. The minimum Gasteiger partial charge on any atom is -0.492 e. The lowest BCUT2D eigenvalue weighted by Crippen LogP contribution is -2.13. The van der Waals surface area contributed by atoms with Gasteiger partial charge in [-0.25, -0.2) is 0 Å². The van der Waals surface area contributed by atoms with E-state index in [4.69, 9.17) is 18.9 Å². The van der Waals surface area contributed by atoms with Crippen LogP contribution in [0.3, 0.4) is 0 Å². The molecule has 4 nitrogen and oxygen atoms in total. The Bertz CT molecular complexity index is 3110. The van der Waals surface area contributed by atoms with Gasteiger partial charge >= 0.3 is 0 Å². The topological polar surface area (TPSA) is 36.9 Å². The van der Waals surface area contributed by atoms with Crippen LogP contribution in [0.25, 0.3) is 29.3 Å². The van der Waals surface area contributed by atoms with Crippen LogP contribution in [0, 0.1) is 48.5 Å². The number of hydrogen-bond acceptors (Lipinski definition) is 16. The lowest BCUT2D eigenvalue weighted by molar-refractivity contribution is 0.173. The minimum atomic E-state index is 0.684. The lowest BCUT2D eigenvalue weighted by atomic mass is 10.1. The molecule has 13 heterocycles. The van der Waals surface area contributed by atoms with Crippen molar-refractivity contribution in [2.24, 2.45) is 0 Å². The van der Waals surface area contributed by atoms with Crippen molar-refractivity contribution in [3.05, 3.63) is 214 Å². The van der Waals surface area contributed by atoms with Crippen LogP contribution in [-0.4, -0.2) is 27.4 Å². The minimum absolute atomic E-state index is 0.684. The number of hydrogen-bond donors (Lipinski definition) is 0. The van der Waals surface area contributed by atoms with Crippen molar-refractivity contribution < 1.29 is 18.9 Å². The summed E-state index contributed by atoms with van der Waals surface area (Å²) >= 11 is 21.1. The molecule has 0 amide bonds. The normalized spacial score (nSPS) is 10.4. The van der Waals surface area contributed by atoms with Gasteiger partial charge in [0.1, 0.15) is 13.2 Å². The van der Waals surface area contributed by atoms with Crippen LogP contribution < -0.4 is 18.9 Å². The van der Waals surface area contributed by atoms with Crippen molar-refractivity contribution in [1.82, 2.24) is 0 Å². The highest BCUT2D eigenvalue weighted by Gasteiger charge is 2.11. The SMILES string of the molecule is CCCCCCc1ccsc1.COc1cscc1OC.Cc1ccsc1.Cc1ccsc1-c1sccc1C.Cc1csc(-c2cc(C)cs2)c1.Cc1cscc1C.c1ccsc1.c1csc(-c2cccs2)c1.c1scc2c1OCCO2. The van der Waals surface area contributed by atoms with E-state index in [9.17, 15) is 0 Å². The molecular formula is C65H74O4S12. The molecule has 0 N–H and O–H groups in total. The Hall–Kier alpha value is -4.40.